The molecule has 3 atom stereocenters. The van der Waals surface area contributed by atoms with Crippen LogP contribution in [-0.2, 0) is 11.2 Å². The fourth-order valence-corrected chi connectivity index (χ4v) is 3.92. The van der Waals surface area contributed by atoms with Crippen molar-refractivity contribution in [1.29, 1.82) is 0 Å². The molecule has 3 aromatic rings. The van der Waals surface area contributed by atoms with Crippen molar-refractivity contribution in [1.82, 2.24) is 5.32 Å². The summed E-state index contributed by atoms with van der Waals surface area (Å²) in [5, 5.41) is 3.77. The Balaban J connectivity index is 1.65. The van der Waals surface area contributed by atoms with Crippen LogP contribution in [0.3, 0.4) is 0 Å². The molecule has 130 valence electrons. The van der Waals surface area contributed by atoms with Crippen molar-refractivity contribution in [2.45, 2.75) is 24.9 Å². The van der Waals surface area contributed by atoms with E-state index in [1.807, 2.05) is 54.6 Å². The van der Waals surface area contributed by atoms with Crippen molar-refractivity contribution in [3.8, 4) is 0 Å². The molecule has 1 aliphatic rings. The topological polar surface area (TPSA) is 29.1 Å². The summed E-state index contributed by atoms with van der Waals surface area (Å²) in [5.41, 5.74) is 3.58. The Hall–Kier alpha value is -2.71. The van der Waals surface area contributed by atoms with Crippen molar-refractivity contribution in [3.05, 3.63) is 108 Å². The second-order valence-corrected chi connectivity index (χ2v) is 6.98. The van der Waals surface area contributed by atoms with E-state index in [1.165, 1.54) is 16.7 Å². The number of benzene rings is 3. The average molecular weight is 341 g/mol. The summed E-state index contributed by atoms with van der Waals surface area (Å²) in [6.07, 6.45) is 1.32. The molecular formula is C24H23NO. The molecule has 4 rings (SSSR count). The first-order chi connectivity index (χ1) is 12.8. The van der Waals surface area contributed by atoms with Gasteiger partial charge >= 0.3 is 0 Å². The molecule has 1 saturated heterocycles. The molecule has 1 heterocycles. The predicted octanol–water partition coefficient (Wildman–Crippen LogP) is 4.89. The normalized spacial score (nSPS) is 22.9. The highest BCUT2D eigenvalue weighted by Crippen LogP contribution is 2.36. The molecule has 0 spiro atoms. The summed E-state index contributed by atoms with van der Waals surface area (Å²) >= 11 is 0. The van der Waals surface area contributed by atoms with Gasteiger partial charge in [0.2, 0.25) is 0 Å². The molecule has 1 N–H and O–H groups in total. The summed E-state index contributed by atoms with van der Waals surface area (Å²) in [7, 11) is 0. The third-order valence-corrected chi connectivity index (χ3v) is 5.26. The number of carbonyl (C=O) groups is 1. The van der Waals surface area contributed by atoms with Crippen LogP contribution in [0.1, 0.15) is 35.2 Å². The maximum atomic E-state index is 13.1. The second kappa shape index (κ2) is 7.67. The number of rotatable bonds is 4. The predicted molar refractivity (Wildman–Crippen MR) is 105 cm³/mol. The third-order valence-electron chi connectivity index (χ3n) is 5.26. The van der Waals surface area contributed by atoms with E-state index in [1.54, 1.807) is 0 Å². The van der Waals surface area contributed by atoms with Crippen LogP contribution in [0.5, 0.6) is 0 Å². The van der Waals surface area contributed by atoms with Gasteiger partial charge in [0, 0.05) is 24.4 Å². The lowest BCUT2D eigenvalue weighted by Crippen LogP contribution is -2.43. The number of hydrogen-bond acceptors (Lipinski definition) is 2. The summed E-state index contributed by atoms with van der Waals surface area (Å²) in [6.45, 7) is 0. The van der Waals surface area contributed by atoms with E-state index < -0.39 is 0 Å². The summed E-state index contributed by atoms with van der Waals surface area (Å²) in [4.78, 5) is 13.1. The van der Waals surface area contributed by atoms with Gasteiger partial charge in [-0.3, -0.25) is 4.79 Å². The Kier molecular flexibility index (Phi) is 4.94. The molecule has 1 aliphatic heterocycles. The van der Waals surface area contributed by atoms with Crippen molar-refractivity contribution in [2.24, 2.45) is 5.92 Å². The van der Waals surface area contributed by atoms with Gasteiger partial charge in [0.25, 0.3) is 0 Å². The number of ketones is 1. The first-order valence-corrected chi connectivity index (χ1v) is 9.24. The summed E-state index contributed by atoms with van der Waals surface area (Å²) in [6, 6.07) is 31.1. The molecule has 0 radical (unpaired) electrons. The van der Waals surface area contributed by atoms with E-state index in [4.69, 9.17) is 0 Å². The maximum Gasteiger partial charge on any atom is 0.140 e. The van der Waals surface area contributed by atoms with Crippen molar-refractivity contribution >= 4 is 5.78 Å². The van der Waals surface area contributed by atoms with Gasteiger partial charge in [0.15, 0.2) is 0 Å². The second-order valence-electron chi connectivity index (χ2n) is 6.98. The van der Waals surface area contributed by atoms with E-state index >= 15 is 0 Å². The molecular weight excluding hydrogens is 318 g/mol. The molecule has 1 fully saturated rings. The Labute approximate surface area is 154 Å². The molecule has 0 bridgehead atoms. The van der Waals surface area contributed by atoms with Crippen molar-refractivity contribution in [3.63, 3.8) is 0 Å². The molecule has 26 heavy (non-hydrogen) atoms. The zero-order chi connectivity index (χ0) is 17.8. The van der Waals surface area contributed by atoms with Gasteiger partial charge in [-0.25, -0.2) is 0 Å². The first-order valence-electron chi connectivity index (χ1n) is 9.24. The summed E-state index contributed by atoms with van der Waals surface area (Å²) in [5.74, 6) is 0.301. The quantitative estimate of drug-likeness (QED) is 0.732. The molecule has 2 nitrogen and oxygen atoms in total. The zero-order valence-corrected chi connectivity index (χ0v) is 14.7. The Bertz CT molecular complexity index is 845. The Morgan fingerprint density at radius 1 is 0.731 bits per heavy atom. The molecule has 0 amide bonds. The van der Waals surface area contributed by atoms with Crippen LogP contribution in [0.15, 0.2) is 91.0 Å². The van der Waals surface area contributed by atoms with Crippen LogP contribution >= 0.6 is 0 Å². The van der Waals surface area contributed by atoms with Crippen LogP contribution in [0, 0.1) is 5.92 Å². The standard InChI is InChI=1S/C24H23NO/c26-23-17-22(19-12-6-2-7-13-19)25-24(20-14-8-3-9-15-20)21(23)16-18-10-4-1-5-11-18/h1-15,21-22,24-25H,16-17H2/t21-,22-,24+/m0/s1. The van der Waals surface area contributed by atoms with Crippen LogP contribution in [0.25, 0.3) is 0 Å². The Morgan fingerprint density at radius 2 is 1.27 bits per heavy atom. The maximum absolute atomic E-state index is 13.1. The highest BCUT2D eigenvalue weighted by molar-refractivity contribution is 5.84. The molecule has 0 saturated carbocycles. The fraction of sp³-hybridized carbons (Fsp3) is 0.208. The molecule has 2 heteroatoms. The SMILES string of the molecule is O=C1C[C@@H](c2ccccc2)N[C@H](c2ccccc2)[C@H]1Cc1ccccc1. The van der Waals surface area contributed by atoms with Gasteiger partial charge in [-0.15, -0.1) is 0 Å². The monoisotopic (exact) mass is 341 g/mol. The minimum Gasteiger partial charge on any atom is -0.302 e. The van der Waals surface area contributed by atoms with E-state index in [0.717, 1.165) is 6.42 Å². The lowest BCUT2D eigenvalue weighted by Gasteiger charge is -2.37. The largest absolute Gasteiger partial charge is 0.302 e. The number of piperidine rings is 1. The molecule has 0 unspecified atom stereocenters. The minimum atomic E-state index is -0.0419. The van der Waals surface area contributed by atoms with Crippen LogP contribution in [0.2, 0.25) is 0 Å². The van der Waals surface area contributed by atoms with E-state index in [-0.39, 0.29) is 18.0 Å². The third kappa shape index (κ3) is 3.61. The van der Waals surface area contributed by atoms with Gasteiger partial charge in [-0.2, -0.15) is 0 Å². The minimum absolute atomic E-state index is 0.0304. The van der Waals surface area contributed by atoms with Gasteiger partial charge in [-0.1, -0.05) is 91.0 Å². The molecule has 0 aromatic heterocycles. The van der Waals surface area contributed by atoms with Gasteiger partial charge in [-0.05, 0) is 23.1 Å². The van der Waals surface area contributed by atoms with Crippen LogP contribution in [0.4, 0.5) is 0 Å². The highest BCUT2D eigenvalue weighted by atomic mass is 16.1. The highest BCUT2D eigenvalue weighted by Gasteiger charge is 2.37. The van der Waals surface area contributed by atoms with Crippen LogP contribution in [-0.4, -0.2) is 5.78 Å². The number of carbonyl (C=O) groups excluding carboxylic acids is 1. The lowest BCUT2D eigenvalue weighted by atomic mass is 9.78. The van der Waals surface area contributed by atoms with Gasteiger partial charge in [0.1, 0.15) is 5.78 Å². The Morgan fingerprint density at radius 3 is 1.88 bits per heavy atom. The van der Waals surface area contributed by atoms with Crippen LogP contribution < -0.4 is 5.32 Å². The first kappa shape index (κ1) is 16.7. The van der Waals surface area contributed by atoms with E-state index in [9.17, 15) is 4.79 Å². The van der Waals surface area contributed by atoms with Gasteiger partial charge < -0.3 is 5.32 Å². The zero-order valence-electron chi connectivity index (χ0n) is 14.7. The number of nitrogens with one attached hydrogen (secondary N) is 1. The lowest BCUT2D eigenvalue weighted by molar-refractivity contribution is -0.126. The van der Waals surface area contributed by atoms with E-state index in [0.29, 0.717) is 12.2 Å². The van der Waals surface area contributed by atoms with Gasteiger partial charge in [0.05, 0.1) is 0 Å². The molecule has 0 aliphatic carbocycles. The fourth-order valence-electron chi connectivity index (χ4n) is 3.92. The molecule has 3 aromatic carbocycles. The average Bonchev–Trinajstić information content (AvgIpc) is 2.71. The number of hydrogen-bond donors (Lipinski definition) is 1. The van der Waals surface area contributed by atoms with Crippen molar-refractivity contribution < 1.29 is 4.79 Å². The number of Topliss-reactive ketones (excluding diaryl/α,β-unsaturated/α-hetero) is 1. The van der Waals surface area contributed by atoms with E-state index in [2.05, 4.69) is 41.7 Å². The van der Waals surface area contributed by atoms with Crippen molar-refractivity contribution in [2.75, 3.05) is 0 Å². The smallest absolute Gasteiger partial charge is 0.140 e. The summed E-state index contributed by atoms with van der Waals surface area (Å²) < 4.78 is 0.